The van der Waals surface area contributed by atoms with Gasteiger partial charge in [0.15, 0.2) is 0 Å². The van der Waals surface area contributed by atoms with E-state index in [4.69, 9.17) is 17.3 Å². The van der Waals surface area contributed by atoms with E-state index in [9.17, 15) is 4.79 Å². The molecule has 0 radical (unpaired) electrons. The fraction of sp³-hybridized carbons (Fsp3) is 0.417. The lowest BCUT2D eigenvalue weighted by Crippen LogP contribution is -2.66. The number of carbonyl (C=O) groups is 1. The Bertz CT molecular complexity index is 751. The van der Waals surface area contributed by atoms with Gasteiger partial charge in [-0.3, -0.25) is 4.79 Å². The summed E-state index contributed by atoms with van der Waals surface area (Å²) in [5.74, 6) is 0.0944. The summed E-state index contributed by atoms with van der Waals surface area (Å²) in [6, 6.07) is 0. The van der Waals surface area contributed by atoms with Crippen LogP contribution in [-0.2, 0) is 10.3 Å². The second-order valence-electron chi connectivity index (χ2n) is 9.80. The summed E-state index contributed by atoms with van der Waals surface area (Å²) >= 11 is 6.79. The molecule has 1 saturated carbocycles. The van der Waals surface area contributed by atoms with Gasteiger partial charge in [-0.15, -0.1) is 10.9 Å². The Morgan fingerprint density at radius 3 is 1.76 bits per heavy atom. The number of carbonyl (C=O) groups excluding carboxylic acids is 1. The Morgan fingerprint density at radius 2 is 1.28 bits per heavy atom. The molecule has 0 heterocycles. The van der Waals surface area contributed by atoms with Crippen molar-refractivity contribution in [2.24, 2.45) is 5.73 Å². The smallest absolute Gasteiger partial charge is 0.147 e. The number of halogens is 1. The minimum Gasteiger partial charge on any atom is -0.315 e. The van der Waals surface area contributed by atoms with E-state index < -0.39 is 10.8 Å². The van der Waals surface area contributed by atoms with Crippen molar-refractivity contribution in [3.05, 3.63) is 10.6 Å². The lowest BCUT2D eigenvalue weighted by Gasteiger charge is -2.62. The lowest BCUT2D eigenvalue weighted by atomic mass is 9.13. The lowest BCUT2D eigenvalue weighted by molar-refractivity contribution is -0.128. The van der Waals surface area contributed by atoms with E-state index in [1.165, 1.54) is 10.9 Å². The molecule has 1 atom stereocenters. The van der Waals surface area contributed by atoms with Crippen LogP contribution in [0, 0.1) is 0 Å². The van der Waals surface area contributed by atoms with Crippen LogP contribution < -0.4 is 27.6 Å². The monoisotopic (exact) mass is 343 g/mol. The molecule has 25 heavy (non-hydrogen) atoms. The summed E-state index contributed by atoms with van der Waals surface area (Å²) in [7, 11) is 21.1. The van der Waals surface area contributed by atoms with Crippen LogP contribution >= 0.6 is 11.6 Å². The van der Waals surface area contributed by atoms with Crippen LogP contribution in [0.25, 0.3) is 0 Å². The van der Waals surface area contributed by atoms with E-state index in [0.29, 0.717) is 11.4 Å². The fourth-order valence-electron chi connectivity index (χ4n) is 4.68. The SMILES string of the molecule is Bc1c(B)c(B)c(C2(N)CC(B)(B)C(B)(B)C(B)(B)C2=O)c(Cl)c1B. The topological polar surface area (TPSA) is 43.1 Å². The Labute approximate surface area is 166 Å². The van der Waals surface area contributed by atoms with Crippen molar-refractivity contribution in [2.75, 3.05) is 0 Å². The first-order valence-corrected chi connectivity index (χ1v) is 9.52. The zero-order valence-corrected chi connectivity index (χ0v) is 18.3. The number of hydrogen-bond donors (Lipinski definition) is 1. The van der Waals surface area contributed by atoms with E-state index in [1.807, 2.05) is 31.4 Å². The standard InChI is InChI=1S/C12H24B10ClNO/c13-3-2(7(23)6(16)5(15)4(3)14)9(24)1-10(17,18)12(21,22)11(19,20)8(9)25/h1,13-22,24H2. The molecule has 1 fully saturated rings. The summed E-state index contributed by atoms with van der Waals surface area (Å²) in [5, 5.41) is -0.175. The number of nitrogens with two attached hydrogens (primary N) is 1. The van der Waals surface area contributed by atoms with Crippen LogP contribution in [0.2, 0.25) is 20.7 Å². The second-order valence-corrected chi connectivity index (χ2v) is 10.2. The van der Waals surface area contributed by atoms with Crippen LogP contribution in [0.5, 0.6) is 0 Å². The molecule has 0 aliphatic heterocycles. The van der Waals surface area contributed by atoms with Crippen LogP contribution in [-0.4, -0.2) is 84.2 Å². The molecule has 0 aromatic heterocycles. The van der Waals surface area contributed by atoms with Crippen molar-refractivity contribution in [3.8, 4) is 0 Å². The molecule has 0 amide bonds. The van der Waals surface area contributed by atoms with Gasteiger partial charge in [0.25, 0.3) is 0 Å². The number of rotatable bonds is 1. The summed E-state index contributed by atoms with van der Waals surface area (Å²) in [4.78, 5) is 13.7. The Kier molecular flexibility index (Phi) is 4.97. The third-order valence-corrected chi connectivity index (χ3v) is 8.48. The zero-order valence-electron chi connectivity index (χ0n) is 17.6. The van der Waals surface area contributed by atoms with Gasteiger partial charge in [-0.1, -0.05) is 33.0 Å². The zero-order chi connectivity index (χ0) is 19.7. The van der Waals surface area contributed by atoms with Crippen LogP contribution in [0.3, 0.4) is 0 Å². The molecular weight excluding hydrogens is 318 g/mol. The largest absolute Gasteiger partial charge is 0.315 e. The molecule has 1 aromatic rings. The summed E-state index contributed by atoms with van der Waals surface area (Å²) in [6.07, 6.45) is 0.595. The maximum atomic E-state index is 13.7. The van der Waals surface area contributed by atoms with Crippen molar-refractivity contribution in [3.63, 3.8) is 0 Å². The first-order valence-electron chi connectivity index (χ1n) is 9.14. The molecule has 2 rings (SSSR count). The van der Waals surface area contributed by atoms with Gasteiger partial charge in [0, 0.05) is 5.02 Å². The average molecular weight is 342 g/mol. The molecule has 2 N–H and O–H groups in total. The first-order chi connectivity index (χ1) is 11.0. The van der Waals surface area contributed by atoms with Crippen LogP contribution in [0.15, 0.2) is 0 Å². The third-order valence-electron chi connectivity index (χ3n) is 8.01. The molecule has 0 spiro atoms. The van der Waals surface area contributed by atoms with Gasteiger partial charge in [-0.25, -0.2) is 0 Å². The summed E-state index contributed by atoms with van der Waals surface area (Å²) in [5.41, 5.74) is 11.1. The Balaban J connectivity index is 2.87. The summed E-state index contributed by atoms with van der Waals surface area (Å²) < 4.78 is 0. The number of Topliss-reactive ketones (excluding diaryl/α,β-unsaturated/α-hetero) is 1. The highest BCUT2D eigenvalue weighted by Crippen LogP contribution is 2.65. The highest BCUT2D eigenvalue weighted by molar-refractivity contribution is 6.69. The van der Waals surface area contributed by atoms with E-state index >= 15 is 0 Å². The maximum Gasteiger partial charge on any atom is 0.147 e. The first kappa shape index (κ1) is 21.1. The molecule has 1 aromatic carbocycles. The highest BCUT2D eigenvalue weighted by Gasteiger charge is 2.62. The minimum atomic E-state index is -1.06. The van der Waals surface area contributed by atoms with Gasteiger partial charge in [0.2, 0.25) is 0 Å². The van der Waals surface area contributed by atoms with Crippen molar-refractivity contribution >= 4 is 118 Å². The predicted octanol–water partition coefficient (Wildman–Crippen LogP) is -10.4. The van der Waals surface area contributed by atoms with Crippen molar-refractivity contribution in [2.45, 2.75) is 27.6 Å². The van der Waals surface area contributed by atoms with E-state index in [0.717, 1.165) is 16.5 Å². The summed E-state index contributed by atoms with van der Waals surface area (Å²) in [6.45, 7) is 0. The second kappa shape index (κ2) is 5.89. The maximum absolute atomic E-state index is 13.7. The van der Waals surface area contributed by atoms with Gasteiger partial charge in [0.1, 0.15) is 52.9 Å². The Morgan fingerprint density at radius 1 is 0.840 bits per heavy atom. The molecule has 1 aliphatic rings. The molecule has 0 saturated heterocycles. The molecule has 2 nitrogen and oxygen atoms in total. The minimum absolute atomic E-state index is 0.0944. The normalized spacial score (nSPS) is 27.0. The third kappa shape index (κ3) is 2.61. The molecule has 1 unspecified atom stereocenters. The van der Waals surface area contributed by atoms with Gasteiger partial charge >= 0.3 is 0 Å². The average Bonchev–Trinajstić information content (AvgIpc) is 2.48. The van der Waals surface area contributed by atoms with E-state index in [2.05, 4.69) is 47.1 Å². The molecule has 13 heteroatoms. The molecule has 0 bridgehead atoms. The predicted molar refractivity (Wildman–Crippen MR) is 139 cm³/mol. The van der Waals surface area contributed by atoms with Gasteiger partial charge in [-0.05, 0) is 17.2 Å². The van der Waals surface area contributed by atoms with Crippen molar-refractivity contribution in [1.29, 1.82) is 0 Å². The van der Waals surface area contributed by atoms with E-state index in [-0.39, 0.29) is 16.2 Å². The molecule has 120 valence electrons. The Hall–Kier alpha value is -0.211. The van der Waals surface area contributed by atoms with Gasteiger partial charge in [0.05, 0.1) is 36.9 Å². The van der Waals surface area contributed by atoms with Gasteiger partial charge in [-0.2, -0.15) is 0 Å². The number of ketones is 1. The van der Waals surface area contributed by atoms with E-state index in [1.54, 1.807) is 0 Å². The number of hydrogen-bond acceptors (Lipinski definition) is 2. The quantitative estimate of drug-likeness (QED) is 0.516. The molecule has 1 aliphatic carbocycles. The number of benzene rings is 1. The van der Waals surface area contributed by atoms with Gasteiger partial charge < -0.3 is 5.73 Å². The van der Waals surface area contributed by atoms with Crippen LogP contribution in [0.4, 0.5) is 0 Å². The fourth-order valence-corrected chi connectivity index (χ4v) is 5.14. The highest BCUT2D eigenvalue weighted by atomic mass is 35.5. The van der Waals surface area contributed by atoms with Crippen molar-refractivity contribution in [1.82, 2.24) is 0 Å². The molecular formula is C12H24B10ClNO. The van der Waals surface area contributed by atoms with Crippen LogP contribution in [0.1, 0.15) is 12.0 Å². The van der Waals surface area contributed by atoms with Crippen molar-refractivity contribution < 1.29 is 4.79 Å².